The summed E-state index contributed by atoms with van der Waals surface area (Å²) in [6.07, 6.45) is 5.00. The van der Waals surface area contributed by atoms with Gasteiger partial charge < -0.3 is 10.6 Å². The highest BCUT2D eigenvalue weighted by molar-refractivity contribution is 6.31. The molecule has 0 saturated carbocycles. The van der Waals surface area contributed by atoms with Crippen molar-refractivity contribution in [1.29, 1.82) is 0 Å². The van der Waals surface area contributed by atoms with Crippen LogP contribution in [0.15, 0.2) is 24.3 Å². The Morgan fingerprint density at radius 1 is 1.39 bits per heavy atom. The van der Waals surface area contributed by atoms with Gasteiger partial charge in [0.2, 0.25) is 0 Å². The van der Waals surface area contributed by atoms with E-state index in [1.165, 1.54) is 25.8 Å². The van der Waals surface area contributed by atoms with Gasteiger partial charge in [0.25, 0.3) is 0 Å². The third-order valence-corrected chi connectivity index (χ3v) is 4.32. The normalized spacial score (nSPS) is 22.9. The fourth-order valence-corrected chi connectivity index (χ4v) is 3.00. The van der Waals surface area contributed by atoms with Crippen molar-refractivity contribution < 1.29 is 0 Å². The van der Waals surface area contributed by atoms with Gasteiger partial charge in [-0.05, 0) is 44.4 Å². The van der Waals surface area contributed by atoms with Gasteiger partial charge in [-0.1, -0.05) is 36.2 Å². The Morgan fingerprint density at radius 3 is 2.89 bits per heavy atom. The van der Waals surface area contributed by atoms with Crippen molar-refractivity contribution >= 4 is 11.6 Å². The van der Waals surface area contributed by atoms with Crippen molar-refractivity contribution in [3.8, 4) is 0 Å². The Morgan fingerprint density at radius 2 is 2.17 bits per heavy atom. The number of rotatable bonds is 4. The zero-order chi connectivity index (χ0) is 13.0. The summed E-state index contributed by atoms with van der Waals surface area (Å²) < 4.78 is 0. The lowest BCUT2D eigenvalue weighted by molar-refractivity contribution is 0.155. The molecule has 2 unspecified atom stereocenters. The van der Waals surface area contributed by atoms with Gasteiger partial charge in [-0.15, -0.1) is 0 Å². The second kappa shape index (κ2) is 6.55. The summed E-state index contributed by atoms with van der Waals surface area (Å²) in [7, 11) is 0. The quantitative estimate of drug-likeness (QED) is 0.902. The molecule has 1 aromatic rings. The lowest BCUT2D eigenvalue weighted by Crippen LogP contribution is -2.39. The zero-order valence-corrected chi connectivity index (χ0v) is 11.9. The molecule has 1 aliphatic heterocycles. The Balaban J connectivity index is 1.88. The predicted molar refractivity (Wildman–Crippen MR) is 77.9 cm³/mol. The van der Waals surface area contributed by atoms with Crippen molar-refractivity contribution in [3.05, 3.63) is 34.9 Å². The molecule has 0 aromatic heterocycles. The molecule has 1 fully saturated rings. The number of hydrogen-bond acceptors (Lipinski definition) is 2. The molecule has 0 amide bonds. The second-order valence-electron chi connectivity index (χ2n) is 5.30. The maximum Gasteiger partial charge on any atom is 0.0453 e. The van der Waals surface area contributed by atoms with E-state index in [9.17, 15) is 0 Å². The Labute approximate surface area is 115 Å². The lowest BCUT2D eigenvalue weighted by Gasteiger charge is -2.34. The van der Waals surface area contributed by atoms with Gasteiger partial charge in [-0.3, -0.25) is 0 Å². The van der Waals surface area contributed by atoms with Crippen molar-refractivity contribution in [1.82, 2.24) is 4.90 Å². The molecular weight excluding hydrogens is 244 g/mol. The average Bonchev–Trinajstić information content (AvgIpc) is 2.38. The number of likely N-dealkylation sites (tertiary alicyclic amines) is 1. The molecule has 2 N–H and O–H groups in total. The number of benzene rings is 1. The summed E-state index contributed by atoms with van der Waals surface area (Å²) >= 11 is 6.18. The standard InChI is InChI=1S/C15H23ClN2/c1-12-6-4-5-10-18(12)11-9-15(17)13-7-2-3-8-14(13)16/h2-3,7-8,12,15H,4-6,9-11,17H2,1H3. The van der Waals surface area contributed by atoms with Crippen molar-refractivity contribution in [2.24, 2.45) is 5.73 Å². The first-order valence-corrected chi connectivity index (χ1v) is 7.30. The summed E-state index contributed by atoms with van der Waals surface area (Å²) in [5, 5.41) is 0.789. The molecule has 0 spiro atoms. The van der Waals surface area contributed by atoms with E-state index in [4.69, 9.17) is 17.3 Å². The molecule has 2 atom stereocenters. The molecule has 3 heteroatoms. The van der Waals surface area contributed by atoms with Crippen LogP contribution in [0.2, 0.25) is 5.02 Å². The fraction of sp³-hybridized carbons (Fsp3) is 0.600. The molecule has 1 aliphatic rings. The third kappa shape index (κ3) is 3.47. The molecule has 1 heterocycles. The summed E-state index contributed by atoms with van der Waals surface area (Å²) in [5.41, 5.74) is 7.32. The number of halogens is 1. The van der Waals surface area contributed by atoms with E-state index in [0.717, 1.165) is 23.6 Å². The highest BCUT2D eigenvalue weighted by atomic mass is 35.5. The van der Waals surface area contributed by atoms with Crippen LogP contribution in [0.3, 0.4) is 0 Å². The second-order valence-corrected chi connectivity index (χ2v) is 5.70. The third-order valence-electron chi connectivity index (χ3n) is 3.97. The van der Waals surface area contributed by atoms with Crippen LogP contribution in [-0.2, 0) is 0 Å². The largest absolute Gasteiger partial charge is 0.324 e. The highest BCUT2D eigenvalue weighted by Gasteiger charge is 2.19. The Bertz CT molecular complexity index is 381. The minimum absolute atomic E-state index is 0.0489. The molecule has 0 aliphatic carbocycles. The van der Waals surface area contributed by atoms with Crippen molar-refractivity contribution in [3.63, 3.8) is 0 Å². The summed E-state index contributed by atoms with van der Waals surface area (Å²) in [6.45, 7) is 4.62. The number of nitrogens with zero attached hydrogens (tertiary/aromatic N) is 1. The van der Waals surface area contributed by atoms with Gasteiger partial charge in [0.05, 0.1) is 0 Å². The van der Waals surface area contributed by atoms with E-state index in [-0.39, 0.29) is 6.04 Å². The maximum atomic E-state index is 6.25. The minimum Gasteiger partial charge on any atom is -0.324 e. The molecule has 1 aromatic carbocycles. The van der Waals surface area contributed by atoms with E-state index >= 15 is 0 Å². The van der Waals surface area contributed by atoms with Crippen LogP contribution in [-0.4, -0.2) is 24.0 Å². The monoisotopic (exact) mass is 266 g/mol. The van der Waals surface area contributed by atoms with Crippen LogP contribution < -0.4 is 5.73 Å². The highest BCUT2D eigenvalue weighted by Crippen LogP contribution is 2.24. The minimum atomic E-state index is 0.0489. The van der Waals surface area contributed by atoms with Crippen LogP contribution in [0, 0.1) is 0 Å². The molecular formula is C15H23ClN2. The van der Waals surface area contributed by atoms with Crippen LogP contribution in [0.4, 0.5) is 0 Å². The van der Waals surface area contributed by atoms with E-state index < -0.39 is 0 Å². The van der Waals surface area contributed by atoms with Gasteiger partial charge in [0.15, 0.2) is 0 Å². The first kappa shape index (κ1) is 13.9. The van der Waals surface area contributed by atoms with Crippen molar-refractivity contribution in [2.45, 2.75) is 44.7 Å². The van der Waals surface area contributed by atoms with Gasteiger partial charge in [-0.2, -0.15) is 0 Å². The number of piperidine rings is 1. The smallest absolute Gasteiger partial charge is 0.0453 e. The van der Waals surface area contributed by atoms with Crippen LogP contribution in [0.1, 0.15) is 44.2 Å². The van der Waals surface area contributed by atoms with Crippen LogP contribution >= 0.6 is 11.6 Å². The van der Waals surface area contributed by atoms with E-state index in [1.54, 1.807) is 0 Å². The first-order valence-electron chi connectivity index (χ1n) is 6.92. The van der Waals surface area contributed by atoms with E-state index in [2.05, 4.69) is 11.8 Å². The van der Waals surface area contributed by atoms with Gasteiger partial charge in [0.1, 0.15) is 0 Å². The fourth-order valence-electron chi connectivity index (χ4n) is 2.73. The van der Waals surface area contributed by atoms with Gasteiger partial charge in [-0.25, -0.2) is 0 Å². The molecule has 0 radical (unpaired) electrons. The molecule has 2 rings (SSSR count). The number of nitrogens with two attached hydrogens (primary N) is 1. The summed E-state index contributed by atoms with van der Waals surface area (Å²) in [4.78, 5) is 2.56. The zero-order valence-electron chi connectivity index (χ0n) is 11.1. The maximum absolute atomic E-state index is 6.25. The summed E-state index contributed by atoms with van der Waals surface area (Å²) in [5.74, 6) is 0. The van der Waals surface area contributed by atoms with Gasteiger partial charge in [0, 0.05) is 23.7 Å². The molecule has 2 nitrogen and oxygen atoms in total. The number of hydrogen-bond donors (Lipinski definition) is 1. The first-order chi connectivity index (χ1) is 8.68. The summed E-state index contributed by atoms with van der Waals surface area (Å²) in [6, 6.07) is 8.66. The van der Waals surface area contributed by atoms with Crippen LogP contribution in [0.5, 0.6) is 0 Å². The Kier molecular flexibility index (Phi) is 5.04. The predicted octanol–water partition coefficient (Wildman–Crippen LogP) is 3.60. The molecule has 100 valence electrons. The topological polar surface area (TPSA) is 29.3 Å². The molecule has 18 heavy (non-hydrogen) atoms. The Hall–Kier alpha value is -0.570. The van der Waals surface area contributed by atoms with E-state index in [1.807, 2.05) is 24.3 Å². The molecule has 0 bridgehead atoms. The molecule has 1 saturated heterocycles. The van der Waals surface area contributed by atoms with Gasteiger partial charge >= 0.3 is 0 Å². The van der Waals surface area contributed by atoms with Crippen LogP contribution in [0.25, 0.3) is 0 Å². The van der Waals surface area contributed by atoms with Crippen molar-refractivity contribution in [2.75, 3.05) is 13.1 Å². The van der Waals surface area contributed by atoms with E-state index in [0.29, 0.717) is 6.04 Å². The average molecular weight is 267 g/mol. The lowest BCUT2D eigenvalue weighted by atomic mass is 10.0. The SMILES string of the molecule is CC1CCCCN1CCC(N)c1ccccc1Cl.